The number of benzene rings is 2. The molecule has 3 rings (SSSR count). The predicted octanol–water partition coefficient (Wildman–Crippen LogP) is 2.70. The van der Waals surface area contributed by atoms with Gasteiger partial charge in [0.1, 0.15) is 5.56 Å². The van der Waals surface area contributed by atoms with E-state index in [0.717, 1.165) is 27.5 Å². The maximum absolute atomic E-state index is 12.8. The summed E-state index contributed by atoms with van der Waals surface area (Å²) >= 11 is 0. The van der Waals surface area contributed by atoms with Crippen LogP contribution in [0.15, 0.2) is 58.3 Å². The van der Waals surface area contributed by atoms with Crippen LogP contribution < -0.4 is 16.6 Å². The predicted molar refractivity (Wildman–Crippen MR) is 101 cm³/mol. The molecule has 132 valence electrons. The van der Waals surface area contributed by atoms with E-state index < -0.39 is 17.2 Å². The van der Waals surface area contributed by atoms with Crippen molar-refractivity contribution in [2.45, 2.75) is 20.8 Å². The number of carbonyl (C=O) groups excluding carboxylic acids is 1. The molecule has 0 aliphatic heterocycles. The number of aromatic nitrogens is 2. The molecule has 1 amide bonds. The van der Waals surface area contributed by atoms with Crippen molar-refractivity contribution >= 4 is 11.6 Å². The molecule has 0 atom stereocenters. The van der Waals surface area contributed by atoms with E-state index in [2.05, 4.69) is 10.3 Å². The van der Waals surface area contributed by atoms with E-state index in [1.54, 1.807) is 24.3 Å². The Balaban J connectivity index is 2.04. The zero-order valence-corrected chi connectivity index (χ0v) is 14.8. The van der Waals surface area contributed by atoms with Crippen molar-refractivity contribution in [1.29, 1.82) is 0 Å². The molecule has 6 nitrogen and oxygen atoms in total. The first-order valence-corrected chi connectivity index (χ1v) is 8.17. The Labute approximate surface area is 150 Å². The van der Waals surface area contributed by atoms with E-state index in [4.69, 9.17) is 0 Å². The van der Waals surface area contributed by atoms with Gasteiger partial charge in [0, 0.05) is 11.9 Å². The van der Waals surface area contributed by atoms with Crippen LogP contribution in [0.25, 0.3) is 5.69 Å². The number of rotatable bonds is 3. The largest absolute Gasteiger partial charge is 0.333 e. The standard InChI is InChI=1S/C20H19N3O3/c1-12-5-4-6-15(9-12)22-18(24)17-11-21-20(26)23(19(17)25)16-8-7-13(2)14(3)10-16/h4-11H,1-3H3,(H,21,26)(H,22,24). The second-order valence-corrected chi connectivity index (χ2v) is 6.24. The van der Waals surface area contributed by atoms with Crippen LogP contribution in [0, 0.1) is 20.8 Å². The summed E-state index contributed by atoms with van der Waals surface area (Å²) in [6.45, 7) is 5.74. The van der Waals surface area contributed by atoms with Crippen molar-refractivity contribution in [2.24, 2.45) is 0 Å². The molecule has 2 aromatic carbocycles. The van der Waals surface area contributed by atoms with Gasteiger partial charge in [0.2, 0.25) is 0 Å². The lowest BCUT2D eigenvalue weighted by Crippen LogP contribution is -2.38. The fourth-order valence-electron chi connectivity index (χ4n) is 2.66. The number of aryl methyl sites for hydroxylation is 3. The monoisotopic (exact) mass is 349 g/mol. The van der Waals surface area contributed by atoms with E-state index in [9.17, 15) is 14.4 Å². The second-order valence-electron chi connectivity index (χ2n) is 6.24. The quantitative estimate of drug-likeness (QED) is 0.762. The van der Waals surface area contributed by atoms with E-state index in [0.29, 0.717) is 11.4 Å². The molecule has 0 spiro atoms. The summed E-state index contributed by atoms with van der Waals surface area (Å²) in [4.78, 5) is 39.9. The maximum atomic E-state index is 12.8. The molecule has 0 aliphatic rings. The zero-order valence-electron chi connectivity index (χ0n) is 14.8. The molecule has 1 heterocycles. The van der Waals surface area contributed by atoms with Crippen molar-refractivity contribution in [2.75, 3.05) is 5.32 Å². The normalized spacial score (nSPS) is 10.6. The molecule has 0 aliphatic carbocycles. The first kappa shape index (κ1) is 17.4. The van der Waals surface area contributed by atoms with E-state index in [1.165, 1.54) is 0 Å². The molecule has 0 radical (unpaired) electrons. The lowest BCUT2D eigenvalue weighted by Gasteiger charge is -2.10. The minimum atomic E-state index is -0.665. The Bertz CT molecular complexity index is 1110. The summed E-state index contributed by atoms with van der Waals surface area (Å²) in [6.07, 6.45) is 1.15. The van der Waals surface area contributed by atoms with Crippen LogP contribution >= 0.6 is 0 Å². The first-order valence-electron chi connectivity index (χ1n) is 8.17. The zero-order chi connectivity index (χ0) is 18.8. The van der Waals surface area contributed by atoms with Gasteiger partial charge in [-0.3, -0.25) is 9.59 Å². The van der Waals surface area contributed by atoms with Crippen LogP contribution in [0.4, 0.5) is 5.69 Å². The number of hydrogen-bond donors (Lipinski definition) is 2. The smallest absolute Gasteiger partial charge is 0.322 e. The van der Waals surface area contributed by atoms with Crippen LogP contribution in [0.1, 0.15) is 27.0 Å². The van der Waals surface area contributed by atoms with Crippen LogP contribution in [0.2, 0.25) is 0 Å². The number of anilines is 1. The average Bonchev–Trinajstić information content (AvgIpc) is 2.58. The lowest BCUT2D eigenvalue weighted by atomic mass is 10.1. The molecule has 0 unspecified atom stereocenters. The SMILES string of the molecule is Cc1cccc(NC(=O)c2c[nH]c(=O)n(-c3ccc(C)c(C)c3)c2=O)c1. The van der Waals surface area contributed by atoms with Gasteiger partial charge in [0.15, 0.2) is 0 Å². The van der Waals surface area contributed by atoms with E-state index in [1.807, 2.05) is 39.0 Å². The average molecular weight is 349 g/mol. The second kappa shape index (κ2) is 6.84. The van der Waals surface area contributed by atoms with Gasteiger partial charge in [0.25, 0.3) is 11.5 Å². The van der Waals surface area contributed by atoms with Gasteiger partial charge in [-0.1, -0.05) is 18.2 Å². The number of hydrogen-bond acceptors (Lipinski definition) is 3. The Morgan fingerprint density at radius 2 is 1.77 bits per heavy atom. The van der Waals surface area contributed by atoms with Gasteiger partial charge in [-0.25, -0.2) is 9.36 Å². The number of nitrogens with one attached hydrogen (secondary N) is 2. The van der Waals surface area contributed by atoms with E-state index >= 15 is 0 Å². The van der Waals surface area contributed by atoms with Crippen molar-refractivity contribution in [3.63, 3.8) is 0 Å². The van der Waals surface area contributed by atoms with Gasteiger partial charge in [-0.2, -0.15) is 0 Å². The minimum Gasteiger partial charge on any atom is -0.322 e. The highest BCUT2D eigenvalue weighted by atomic mass is 16.2. The summed E-state index contributed by atoms with van der Waals surface area (Å²) < 4.78 is 0.970. The van der Waals surface area contributed by atoms with E-state index in [-0.39, 0.29) is 5.56 Å². The van der Waals surface area contributed by atoms with Gasteiger partial charge in [-0.05, 0) is 61.7 Å². The highest BCUT2D eigenvalue weighted by Crippen LogP contribution is 2.12. The number of H-pyrrole nitrogens is 1. The summed E-state index contributed by atoms with van der Waals surface area (Å²) in [6, 6.07) is 12.5. The van der Waals surface area contributed by atoms with Crippen LogP contribution in [-0.2, 0) is 0 Å². The summed E-state index contributed by atoms with van der Waals surface area (Å²) in [5.41, 5.74) is 2.59. The van der Waals surface area contributed by atoms with Gasteiger partial charge in [-0.15, -0.1) is 0 Å². The molecule has 2 N–H and O–H groups in total. The third-order valence-electron chi connectivity index (χ3n) is 4.25. The molecule has 0 saturated carbocycles. The number of nitrogens with zero attached hydrogens (tertiary/aromatic N) is 1. The van der Waals surface area contributed by atoms with Crippen molar-refractivity contribution in [3.05, 3.63) is 91.8 Å². The summed E-state index contributed by atoms with van der Waals surface area (Å²) in [7, 11) is 0. The fourth-order valence-corrected chi connectivity index (χ4v) is 2.66. The highest BCUT2D eigenvalue weighted by molar-refractivity contribution is 6.03. The Kier molecular flexibility index (Phi) is 4.58. The van der Waals surface area contributed by atoms with Gasteiger partial charge < -0.3 is 10.3 Å². The summed E-state index contributed by atoms with van der Waals surface area (Å²) in [5, 5.41) is 2.68. The van der Waals surface area contributed by atoms with Crippen molar-refractivity contribution in [1.82, 2.24) is 9.55 Å². The van der Waals surface area contributed by atoms with Crippen LogP contribution in [0.5, 0.6) is 0 Å². The number of amides is 1. The Morgan fingerprint density at radius 1 is 1.00 bits per heavy atom. The molecular weight excluding hydrogens is 330 g/mol. The minimum absolute atomic E-state index is 0.135. The topological polar surface area (TPSA) is 84.0 Å². The highest BCUT2D eigenvalue weighted by Gasteiger charge is 2.16. The third-order valence-corrected chi connectivity index (χ3v) is 4.25. The molecule has 6 heteroatoms. The number of aromatic amines is 1. The molecule has 0 bridgehead atoms. The molecular formula is C20H19N3O3. The molecule has 0 saturated heterocycles. The first-order chi connectivity index (χ1) is 12.4. The molecule has 26 heavy (non-hydrogen) atoms. The van der Waals surface area contributed by atoms with Gasteiger partial charge >= 0.3 is 5.69 Å². The maximum Gasteiger partial charge on any atom is 0.333 e. The molecule has 0 fully saturated rings. The Hall–Kier alpha value is -3.41. The van der Waals surface area contributed by atoms with Crippen LogP contribution in [-0.4, -0.2) is 15.5 Å². The van der Waals surface area contributed by atoms with Crippen LogP contribution in [0.3, 0.4) is 0 Å². The summed E-state index contributed by atoms with van der Waals surface area (Å²) in [5.74, 6) is -0.575. The van der Waals surface area contributed by atoms with Crippen molar-refractivity contribution < 1.29 is 4.79 Å². The Morgan fingerprint density at radius 3 is 2.46 bits per heavy atom. The van der Waals surface area contributed by atoms with Crippen molar-refractivity contribution in [3.8, 4) is 5.69 Å². The number of carbonyl (C=O) groups is 1. The molecule has 3 aromatic rings. The van der Waals surface area contributed by atoms with Gasteiger partial charge in [0.05, 0.1) is 5.69 Å². The third kappa shape index (κ3) is 3.35. The fraction of sp³-hybridized carbons (Fsp3) is 0.150. The molecule has 1 aromatic heterocycles. The lowest BCUT2D eigenvalue weighted by molar-refractivity contribution is 0.102.